The van der Waals surface area contributed by atoms with Crippen LogP contribution in [0.15, 0.2) is 265 Å². The highest BCUT2D eigenvalue weighted by atomic mass is 16.3. The molecule has 0 bridgehead atoms. The summed E-state index contributed by atoms with van der Waals surface area (Å²) in [4.78, 5) is 2.36. The number of hydrogen-bond donors (Lipinski definition) is 0. The molecule has 2 nitrogen and oxygen atoms in total. The zero-order valence-corrected chi connectivity index (χ0v) is 36.2. The van der Waals surface area contributed by atoms with Gasteiger partial charge in [0.1, 0.15) is 11.3 Å². The first-order valence-electron chi connectivity index (χ1n) is 22.6. The van der Waals surface area contributed by atoms with Gasteiger partial charge in [0, 0.05) is 33.6 Å². The third-order valence-corrected chi connectivity index (χ3v) is 12.9. The standard InChI is InChI=1S/C64H43NO/c1-3-12-44(13-4-1)45-22-24-46(25-23-45)48-32-36-56(37-33-48)65(58-40-41-60-54(43-58)31-30-51-14-7-8-19-59(51)60)57-38-34-49(35-39-57)47-26-28-50(29-27-47)53-17-11-18-55(42-53)64-63(52-15-5-2-6-16-52)61-20-9-10-21-62(61)66-64/h1-43H. The molecule has 0 aliphatic carbocycles. The molecule has 310 valence electrons. The second kappa shape index (κ2) is 16.8. The van der Waals surface area contributed by atoms with E-state index in [1.54, 1.807) is 0 Å². The van der Waals surface area contributed by atoms with Crippen LogP contribution in [-0.2, 0) is 0 Å². The summed E-state index contributed by atoms with van der Waals surface area (Å²) in [6.07, 6.45) is 0. The molecule has 0 saturated carbocycles. The predicted octanol–water partition coefficient (Wildman–Crippen LogP) is 18.2. The summed E-state index contributed by atoms with van der Waals surface area (Å²) in [6.45, 7) is 0. The minimum atomic E-state index is 0.886. The highest BCUT2D eigenvalue weighted by molar-refractivity contribution is 6.08. The molecule has 0 unspecified atom stereocenters. The van der Waals surface area contributed by atoms with Gasteiger partial charge in [0.15, 0.2) is 0 Å². The van der Waals surface area contributed by atoms with E-state index in [-0.39, 0.29) is 0 Å². The van der Waals surface area contributed by atoms with Gasteiger partial charge in [0.05, 0.1) is 0 Å². The van der Waals surface area contributed by atoms with Crippen molar-refractivity contribution in [3.63, 3.8) is 0 Å². The fourth-order valence-electron chi connectivity index (χ4n) is 9.51. The van der Waals surface area contributed by atoms with E-state index in [0.29, 0.717) is 0 Å². The first kappa shape index (κ1) is 38.9. The number of anilines is 3. The molecule has 11 aromatic carbocycles. The van der Waals surface area contributed by atoms with Crippen LogP contribution in [-0.4, -0.2) is 0 Å². The number of rotatable bonds is 9. The zero-order chi connectivity index (χ0) is 43.8. The van der Waals surface area contributed by atoms with E-state index < -0.39 is 0 Å². The monoisotopic (exact) mass is 841 g/mol. The Bertz CT molecular complexity index is 3650. The average molecular weight is 842 g/mol. The Kier molecular flexibility index (Phi) is 9.89. The molecular weight excluding hydrogens is 799 g/mol. The molecule has 2 heteroatoms. The van der Waals surface area contributed by atoms with Crippen LogP contribution in [0.2, 0.25) is 0 Å². The van der Waals surface area contributed by atoms with E-state index >= 15 is 0 Å². The van der Waals surface area contributed by atoms with E-state index in [0.717, 1.165) is 72.7 Å². The summed E-state index contributed by atoms with van der Waals surface area (Å²) in [5.41, 5.74) is 16.9. The normalized spacial score (nSPS) is 11.3. The lowest BCUT2D eigenvalue weighted by Gasteiger charge is -2.26. The number of fused-ring (bicyclic) bond motifs is 4. The van der Waals surface area contributed by atoms with Crippen LogP contribution in [0, 0.1) is 0 Å². The Morgan fingerprint density at radius 2 is 0.667 bits per heavy atom. The molecule has 0 saturated heterocycles. The van der Waals surface area contributed by atoms with Crippen molar-refractivity contribution in [2.45, 2.75) is 0 Å². The van der Waals surface area contributed by atoms with E-state index in [2.05, 4.69) is 254 Å². The van der Waals surface area contributed by atoms with Gasteiger partial charge >= 0.3 is 0 Å². The molecule has 0 amide bonds. The highest BCUT2D eigenvalue weighted by Crippen LogP contribution is 2.43. The van der Waals surface area contributed by atoms with Crippen molar-refractivity contribution >= 4 is 49.6 Å². The summed E-state index contributed by atoms with van der Waals surface area (Å²) in [5, 5.41) is 6.10. The first-order chi connectivity index (χ1) is 32.7. The van der Waals surface area contributed by atoms with Crippen molar-refractivity contribution in [1.82, 2.24) is 0 Å². The van der Waals surface area contributed by atoms with E-state index in [1.165, 1.54) is 43.8 Å². The van der Waals surface area contributed by atoms with Gasteiger partial charge in [-0.3, -0.25) is 0 Å². The average Bonchev–Trinajstić information content (AvgIpc) is 3.80. The maximum Gasteiger partial charge on any atom is 0.143 e. The van der Waals surface area contributed by atoms with Crippen molar-refractivity contribution < 1.29 is 4.42 Å². The highest BCUT2D eigenvalue weighted by Gasteiger charge is 2.19. The van der Waals surface area contributed by atoms with Crippen molar-refractivity contribution in [3.8, 4) is 67.0 Å². The van der Waals surface area contributed by atoms with Crippen LogP contribution in [0.3, 0.4) is 0 Å². The number of nitrogens with zero attached hydrogens (tertiary/aromatic N) is 1. The second-order valence-corrected chi connectivity index (χ2v) is 16.9. The molecular formula is C64H43NO. The summed E-state index contributed by atoms with van der Waals surface area (Å²) in [5.74, 6) is 0.886. The Hall–Kier alpha value is -8.72. The number of benzene rings is 11. The predicted molar refractivity (Wildman–Crippen MR) is 279 cm³/mol. The van der Waals surface area contributed by atoms with Crippen molar-refractivity contribution in [2.24, 2.45) is 0 Å². The largest absolute Gasteiger partial charge is 0.455 e. The lowest BCUT2D eigenvalue weighted by molar-refractivity contribution is 0.632. The molecule has 0 spiro atoms. The van der Waals surface area contributed by atoms with Gasteiger partial charge in [0.2, 0.25) is 0 Å². The van der Waals surface area contributed by atoms with Crippen molar-refractivity contribution in [1.29, 1.82) is 0 Å². The SMILES string of the molecule is c1ccc(-c2ccc(-c3ccc(N(c4ccc(-c5ccc(-c6cccc(-c7oc8ccccc8c7-c7ccccc7)c6)cc5)cc4)c4ccc5c(ccc6ccccc65)c4)cc3)cc2)cc1. The minimum absolute atomic E-state index is 0.886. The zero-order valence-electron chi connectivity index (χ0n) is 36.2. The van der Waals surface area contributed by atoms with Crippen LogP contribution in [0.1, 0.15) is 0 Å². The van der Waals surface area contributed by atoms with Gasteiger partial charge in [-0.1, -0.05) is 212 Å². The summed E-state index contributed by atoms with van der Waals surface area (Å²) < 4.78 is 6.56. The van der Waals surface area contributed by atoms with Crippen LogP contribution < -0.4 is 4.90 Å². The summed E-state index contributed by atoms with van der Waals surface area (Å²) in [6, 6.07) is 93.7. The molecule has 12 rings (SSSR count). The topological polar surface area (TPSA) is 16.4 Å². The fraction of sp³-hybridized carbons (Fsp3) is 0. The van der Waals surface area contributed by atoms with Gasteiger partial charge in [-0.2, -0.15) is 0 Å². The number of furan rings is 1. The van der Waals surface area contributed by atoms with E-state index in [1.807, 2.05) is 12.1 Å². The molecule has 0 N–H and O–H groups in total. The summed E-state index contributed by atoms with van der Waals surface area (Å²) >= 11 is 0. The minimum Gasteiger partial charge on any atom is -0.455 e. The van der Waals surface area contributed by atoms with Crippen LogP contribution >= 0.6 is 0 Å². The molecule has 0 aliphatic rings. The number of para-hydroxylation sites is 1. The smallest absolute Gasteiger partial charge is 0.143 e. The van der Waals surface area contributed by atoms with Gasteiger partial charge < -0.3 is 9.32 Å². The third-order valence-electron chi connectivity index (χ3n) is 12.9. The van der Waals surface area contributed by atoms with Crippen LogP contribution in [0.25, 0.3) is 99.5 Å². The Morgan fingerprint density at radius 3 is 1.29 bits per heavy atom. The summed E-state index contributed by atoms with van der Waals surface area (Å²) in [7, 11) is 0. The van der Waals surface area contributed by atoms with E-state index in [9.17, 15) is 0 Å². The Morgan fingerprint density at radius 1 is 0.242 bits per heavy atom. The van der Waals surface area contributed by atoms with Gasteiger partial charge in [-0.25, -0.2) is 0 Å². The van der Waals surface area contributed by atoms with Crippen LogP contribution in [0.4, 0.5) is 17.1 Å². The lowest BCUT2D eigenvalue weighted by Crippen LogP contribution is -2.09. The van der Waals surface area contributed by atoms with E-state index in [4.69, 9.17) is 4.42 Å². The van der Waals surface area contributed by atoms with Gasteiger partial charge in [-0.05, 0) is 120 Å². The quantitative estimate of drug-likeness (QED) is 0.135. The van der Waals surface area contributed by atoms with Crippen molar-refractivity contribution in [2.75, 3.05) is 4.90 Å². The molecule has 0 aliphatic heterocycles. The third kappa shape index (κ3) is 7.31. The maximum atomic E-state index is 6.56. The molecule has 1 heterocycles. The second-order valence-electron chi connectivity index (χ2n) is 16.9. The first-order valence-corrected chi connectivity index (χ1v) is 22.6. The molecule has 0 atom stereocenters. The Balaban J connectivity index is 0.856. The maximum absolute atomic E-state index is 6.56. The number of hydrogen-bond acceptors (Lipinski definition) is 2. The van der Waals surface area contributed by atoms with Crippen LogP contribution in [0.5, 0.6) is 0 Å². The van der Waals surface area contributed by atoms with Gasteiger partial charge in [-0.15, -0.1) is 0 Å². The lowest BCUT2D eigenvalue weighted by atomic mass is 9.95. The van der Waals surface area contributed by atoms with Crippen molar-refractivity contribution in [3.05, 3.63) is 261 Å². The molecule has 1 aromatic heterocycles. The fourth-order valence-corrected chi connectivity index (χ4v) is 9.51. The molecule has 0 radical (unpaired) electrons. The molecule has 12 aromatic rings. The Labute approximate surface area is 384 Å². The van der Waals surface area contributed by atoms with Gasteiger partial charge in [0.25, 0.3) is 0 Å². The molecule has 66 heavy (non-hydrogen) atoms. The molecule has 0 fully saturated rings.